The van der Waals surface area contributed by atoms with Crippen LogP contribution in [0.5, 0.6) is 11.5 Å². The molecule has 3 heterocycles. The largest absolute Gasteiger partial charge is 0.493 e. The Labute approximate surface area is 185 Å². The molecule has 2 aromatic heterocycles. The SMILES string of the molecule is COc1cc2ncn(CCCC(=O)NCc3nnc4n3CCCCC4)c(=O)c2cc1OC. The Kier molecular flexibility index (Phi) is 6.67. The van der Waals surface area contributed by atoms with E-state index in [0.29, 0.717) is 48.3 Å². The van der Waals surface area contributed by atoms with Crippen molar-refractivity contribution >= 4 is 16.8 Å². The number of carbonyl (C=O) groups is 1. The van der Waals surface area contributed by atoms with Gasteiger partial charge in [-0.25, -0.2) is 4.98 Å². The maximum absolute atomic E-state index is 12.8. The third kappa shape index (κ3) is 4.58. The number of aromatic nitrogens is 5. The number of ether oxygens (including phenoxy) is 2. The number of nitrogens with zero attached hydrogens (tertiary/aromatic N) is 5. The highest BCUT2D eigenvalue weighted by molar-refractivity contribution is 5.81. The lowest BCUT2D eigenvalue weighted by molar-refractivity contribution is -0.121. The van der Waals surface area contributed by atoms with Crippen molar-refractivity contribution in [3.05, 3.63) is 40.5 Å². The van der Waals surface area contributed by atoms with E-state index >= 15 is 0 Å². The fourth-order valence-electron chi connectivity index (χ4n) is 4.00. The monoisotopic (exact) mass is 440 g/mol. The van der Waals surface area contributed by atoms with Crippen LogP contribution in [0.4, 0.5) is 0 Å². The van der Waals surface area contributed by atoms with Gasteiger partial charge in [0.2, 0.25) is 5.91 Å². The molecule has 1 aromatic carbocycles. The second-order valence-electron chi connectivity index (χ2n) is 7.84. The standard InChI is InChI=1S/C22H28N6O4/c1-31-17-11-15-16(12-18(17)32-2)24-14-27(22(15)30)9-6-8-21(29)23-13-20-26-25-19-7-4-3-5-10-28(19)20/h11-12,14H,3-10,13H2,1-2H3,(H,23,29). The summed E-state index contributed by atoms with van der Waals surface area (Å²) in [7, 11) is 3.06. The van der Waals surface area contributed by atoms with Crippen molar-refractivity contribution in [1.82, 2.24) is 29.6 Å². The summed E-state index contributed by atoms with van der Waals surface area (Å²) in [4.78, 5) is 29.5. The van der Waals surface area contributed by atoms with Gasteiger partial charge in [0.05, 0.1) is 38.0 Å². The van der Waals surface area contributed by atoms with E-state index in [4.69, 9.17) is 9.47 Å². The second kappa shape index (κ2) is 9.80. The number of nitrogens with one attached hydrogen (secondary N) is 1. The fraction of sp³-hybridized carbons (Fsp3) is 0.500. The summed E-state index contributed by atoms with van der Waals surface area (Å²) in [6, 6.07) is 3.31. The van der Waals surface area contributed by atoms with Crippen LogP contribution in [0.3, 0.4) is 0 Å². The van der Waals surface area contributed by atoms with E-state index in [0.717, 1.165) is 37.5 Å². The molecule has 1 N–H and O–H groups in total. The van der Waals surface area contributed by atoms with E-state index in [1.54, 1.807) is 12.1 Å². The average Bonchev–Trinajstić information content (AvgIpc) is 3.04. The molecule has 1 amide bonds. The molecule has 0 bridgehead atoms. The third-order valence-corrected chi connectivity index (χ3v) is 5.76. The number of fused-ring (bicyclic) bond motifs is 2. The van der Waals surface area contributed by atoms with Crippen LogP contribution >= 0.6 is 0 Å². The highest BCUT2D eigenvalue weighted by Crippen LogP contribution is 2.29. The number of hydrogen-bond donors (Lipinski definition) is 1. The Balaban J connectivity index is 1.34. The summed E-state index contributed by atoms with van der Waals surface area (Å²) in [5, 5.41) is 11.9. The van der Waals surface area contributed by atoms with Gasteiger partial charge in [-0.1, -0.05) is 6.42 Å². The number of rotatable bonds is 8. The summed E-state index contributed by atoms with van der Waals surface area (Å²) < 4.78 is 14.2. The zero-order chi connectivity index (χ0) is 22.5. The van der Waals surface area contributed by atoms with Crippen LogP contribution in [-0.2, 0) is 30.8 Å². The highest BCUT2D eigenvalue weighted by Gasteiger charge is 2.15. The number of amides is 1. The molecule has 0 atom stereocenters. The third-order valence-electron chi connectivity index (χ3n) is 5.76. The van der Waals surface area contributed by atoms with E-state index in [9.17, 15) is 9.59 Å². The summed E-state index contributed by atoms with van der Waals surface area (Å²) >= 11 is 0. The number of hydrogen-bond acceptors (Lipinski definition) is 7. The fourth-order valence-corrected chi connectivity index (χ4v) is 4.00. The zero-order valence-corrected chi connectivity index (χ0v) is 18.5. The Morgan fingerprint density at radius 1 is 1.12 bits per heavy atom. The van der Waals surface area contributed by atoms with Crippen LogP contribution in [0.15, 0.2) is 23.3 Å². The minimum Gasteiger partial charge on any atom is -0.493 e. The van der Waals surface area contributed by atoms with Crippen molar-refractivity contribution in [2.75, 3.05) is 14.2 Å². The lowest BCUT2D eigenvalue weighted by Gasteiger charge is -2.11. The predicted octanol–water partition coefficient (Wildman–Crippen LogP) is 1.83. The molecule has 10 heteroatoms. The molecule has 4 rings (SSSR count). The van der Waals surface area contributed by atoms with E-state index in [1.165, 1.54) is 31.5 Å². The van der Waals surface area contributed by atoms with Crippen molar-refractivity contribution in [2.45, 2.75) is 58.2 Å². The van der Waals surface area contributed by atoms with Crippen LogP contribution in [0.25, 0.3) is 10.9 Å². The summed E-state index contributed by atoms with van der Waals surface area (Å²) in [6.45, 7) is 1.66. The highest BCUT2D eigenvalue weighted by atomic mass is 16.5. The van der Waals surface area contributed by atoms with Gasteiger partial charge in [0.15, 0.2) is 17.3 Å². The van der Waals surface area contributed by atoms with Gasteiger partial charge >= 0.3 is 0 Å². The molecule has 170 valence electrons. The van der Waals surface area contributed by atoms with Gasteiger partial charge in [0.1, 0.15) is 5.82 Å². The van der Waals surface area contributed by atoms with Crippen LogP contribution in [0, 0.1) is 0 Å². The van der Waals surface area contributed by atoms with Gasteiger partial charge in [-0.3, -0.25) is 14.2 Å². The minimum absolute atomic E-state index is 0.0795. The molecule has 1 aliphatic heterocycles. The maximum Gasteiger partial charge on any atom is 0.261 e. The van der Waals surface area contributed by atoms with Gasteiger partial charge in [0, 0.05) is 32.0 Å². The number of aryl methyl sites for hydroxylation is 2. The molecule has 0 fully saturated rings. The first-order chi connectivity index (χ1) is 15.6. The van der Waals surface area contributed by atoms with Crippen molar-refractivity contribution in [1.29, 1.82) is 0 Å². The molecular formula is C22H28N6O4. The van der Waals surface area contributed by atoms with Crippen molar-refractivity contribution in [3.63, 3.8) is 0 Å². The first kappa shape index (κ1) is 21.8. The molecule has 0 unspecified atom stereocenters. The Hall–Kier alpha value is -3.43. The molecule has 32 heavy (non-hydrogen) atoms. The second-order valence-corrected chi connectivity index (χ2v) is 7.84. The summed E-state index contributed by atoms with van der Waals surface area (Å²) in [6.07, 6.45) is 6.70. The van der Waals surface area contributed by atoms with Crippen LogP contribution in [0.1, 0.15) is 43.8 Å². The summed E-state index contributed by atoms with van der Waals surface area (Å²) in [5.41, 5.74) is 0.358. The van der Waals surface area contributed by atoms with Crippen molar-refractivity contribution in [2.24, 2.45) is 0 Å². The predicted molar refractivity (Wildman–Crippen MR) is 118 cm³/mol. The van der Waals surface area contributed by atoms with Crippen LogP contribution in [-0.4, -0.2) is 44.4 Å². The quantitative estimate of drug-likeness (QED) is 0.568. The van der Waals surface area contributed by atoms with Gasteiger partial charge < -0.3 is 19.4 Å². The van der Waals surface area contributed by atoms with Gasteiger partial charge in [-0.15, -0.1) is 10.2 Å². The Morgan fingerprint density at radius 2 is 1.94 bits per heavy atom. The van der Waals surface area contributed by atoms with Crippen molar-refractivity contribution < 1.29 is 14.3 Å². The number of methoxy groups -OCH3 is 2. The average molecular weight is 441 g/mol. The van der Waals surface area contributed by atoms with Gasteiger partial charge in [-0.2, -0.15) is 0 Å². The topological polar surface area (TPSA) is 113 Å². The van der Waals surface area contributed by atoms with E-state index in [1.807, 2.05) is 0 Å². The van der Waals surface area contributed by atoms with Crippen LogP contribution < -0.4 is 20.3 Å². The molecule has 3 aromatic rings. The molecular weight excluding hydrogens is 412 g/mol. The van der Waals surface area contributed by atoms with E-state index in [2.05, 4.69) is 25.1 Å². The number of benzene rings is 1. The first-order valence-corrected chi connectivity index (χ1v) is 10.9. The van der Waals surface area contributed by atoms with E-state index in [-0.39, 0.29) is 11.5 Å². The zero-order valence-electron chi connectivity index (χ0n) is 18.5. The normalized spacial score (nSPS) is 13.4. The van der Waals surface area contributed by atoms with Gasteiger partial charge in [0.25, 0.3) is 5.56 Å². The Morgan fingerprint density at radius 3 is 2.75 bits per heavy atom. The summed E-state index contributed by atoms with van der Waals surface area (Å²) in [5.74, 6) is 2.72. The minimum atomic E-state index is -0.178. The lowest BCUT2D eigenvalue weighted by atomic mass is 10.2. The molecule has 0 saturated carbocycles. The molecule has 1 aliphatic rings. The maximum atomic E-state index is 12.8. The van der Waals surface area contributed by atoms with Crippen molar-refractivity contribution in [3.8, 4) is 11.5 Å². The lowest BCUT2D eigenvalue weighted by Crippen LogP contribution is -2.26. The molecule has 0 radical (unpaired) electrons. The van der Waals surface area contributed by atoms with Crippen LogP contribution in [0.2, 0.25) is 0 Å². The molecule has 0 aliphatic carbocycles. The van der Waals surface area contributed by atoms with E-state index < -0.39 is 0 Å². The number of carbonyl (C=O) groups excluding carboxylic acids is 1. The smallest absolute Gasteiger partial charge is 0.261 e. The first-order valence-electron chi connectivity index (χ1n) is 10.9. The molecule has 0 saturated heterocycles. The molecule has 10 nitrogen and oxygen atoms in total. The van der Waals surface area contributed by atoms with Gasteiger partial charge in [-0.05, 0) is 25.3 Å². The Bertz CT molecular complexity index is 1170. The molecule has 0 spiro atoms.